The van der Waals surface area contributed by atoms with Crippen molar-refractivity contribution in [3.8, 4) is 0 Å². The van der Waals surface area contributed by atoms with Crippen LogP contribution in [0.5, 0.6) is 0 Å². The number of rotatable bonds is 7. The number of sulfone groups is 1. The van der Waals surface area contributed by atoms with Gasteiger partial charge in [-0.3, -0.25) is 9.67 Å². The second-order valence-corrected chi connectivity index (χ2v) is 7.71. The van der Waals surface area contributed by atoms with E-state index in [1.807, 2.05) is 29.1 Å². The summed E-state index contributed by atoms with van der Waals surface area (Å²) in [6, 6.07) is 10.0. The van der Waals surface area contributed by atoms with E-state index in [0.717, 1.165) is 5.56 Å². The van der Waals surface area contributed by atoms with Crippen molar-refractivity contribution in [2.24, 2.45) is 4.99 Å². The highest BCUT2D eigenvalue weighted by Gasteiger charge is 2.06. The number of guanidine groups is 1. The smallest absolute Gasteiger partial charge is 0.191 e. The highest BCUT2D eigenvalue weighted by atomic mass is 127. The zero-order valence-corrected chi connectivity index (χ0v) is 17.5. The molecule has 2 aromatic rings. The standard InChI is InChI=1S/C16H23N5O2S.HI/c1-17-16(18-9-11-24(2,22)23)19-12-14-6-3-4-7-15(14)13-21-10-5-8-20-21;/h3-8,10H,9,11-13H2,1-2H3,(H2,17,18,19);1H. The number of nitrogens with one attached hydrogen (secondary N) is 2. The van der Waals surface area contributed by atoms with Gasteiger partial charge in [0, 0.05) is 38.8 Å². The molecule has 0 aliphatic rings. The number of hydrogen-bond donors (Lipinski definition) is 2. The third-order valence-electron chi connectivity index (χ3n) is 3.45. The van der Waals surface area contributed by atoms with E-state index in [9.17, 15) is 8.42 Å². The van der Waals surface area contributed by atoms with Gasteiger partial charge in [0.05, 0.1) is 12.3 Å². The SMILES string of the molecule is CN=C(NCCS(C)(=O)=O)NCc1ccccc1Cn1cccn1.I. The fourth-order valence-electron chi connectivity index (χ4n) is 2.21. The molecule has 0 saturated heterocycles. The molecule has 0 aliphatic heterocycles. The molecule has 0 atom stereocenters. The number of aromatic nitrogens is 2. The molecule has 138 valence electrons. The Kier molecular flexibility index (Phi) is 8.90. The van der Waals surface area contributed by atoms with Crippen LogP contribution in [-0.2, 0) is 22.9 Å². The predicted molar refractivity (Wildman–Crippen MR) is 111 cm³/mol. The van der Waals surface area contributed by atoms with E-state index in [1.54, 1.807) is 13.2 Å². The molecule has 0 spiro atoms. The molecule has 0 saturated carbocycles. The highest BCUT2D eigenvalue weighted by Crippen LogP contribution is 2.10. The van der Waals surface area contributed by atoms with Crippen LogP contribution >= 0.6 is 24.0 Å². The van der Waals surface area contributed by atoms with Crippen LogP contribution in [0.25, 0.3) is 0 Å². The zero-order chi connectivity index (χ0) is 17.4. The van der Waals surface area contributed by atoms with Crippen molar-refractivity contribution in [2.45, 2.75) is 13.1 Å². The molecule has 2 N–H and O–H groups in total. The fourth-order valence-corrected chi connectivity index (χ4v) is 2.68. The van der Waals surface area contributed by atoms with Crippen LogP contribution in [0.2, 0.25) is 0 Å². The van der Waals surface area contributed by atoms with E-state index in [2.05, 4.69) is 32.9 Å². The molecule has 1 aromatic heterocycles. The van der Waals surface area contributed by atoms with Crippen molar-refractivity contribution in [2.75, 3.05) is 25.6 Å². The van der Waals surface area contributed by atoms with Gasteiger partial charge in [-0.15, -0.1) is 24.0 Å². The summed E-state index contributed by atoms with van der Waals surface area (Å²) in [5.41, 5.74) is 2.30. The van der Waals surface area contributed by atoms with Crippen LogP contribution in [0.1, 0.15) is 11.1 Å². The van der Waals surface area contributed by atoms with Crippen LogP contribution in [0.3, 0.4) is 0 Å². The van der Waals surface area contributed by atoms with Gasteiger partial charge < -0.3 is 10.6 Å². The highest BCUT2D eigenvalue weighted by molar-refractivity contribution is 14.0. The van der Waals surface area contributed by atoms with Gasteiger partial charge in [-0.05, 0) is 17.2 Å². The van der Waals surface area contributed by atoms with Crippen LogP contribution in [0, 0.1) is 0 Å². The van der Waals surface area contributed by atoms with Crippen LogP contribution in [0.15, 0.2) is 47.7 Å². The monoisotopic (exact) mass is 477 g/mol. The fraction of sp³-hybridized carbons (Fsp3) is 0.375. The number of nitrogens with zero attached hydrogens (tertiary/aromatic N) is 3. The van der Waals surface area contributed by atoms with Gasteiger partial charge in [0.15, 0.2) is 5.96 Å². The van der Waals surface area contributed by atoms with Gasteiger partial charge >= 0.3 is 0 Å². The van der Waals surface area contributed by atoms with Crippen LogP contribution in [-0.4, -0.2) is 49.8 Å². The molecule has 0 aliphatic carbocycles. The summed E-state index contributed by atoms with van der Waals surface area (Å²) in [5.74, 6) is 0.649. The zero-order valence-electron chi connectivity index (χ0n) is 14.3. The predicted octanol–water partition coefficient (Wildman–Crippen LogP) is 1.26. The molecule has 1 heterocycles. The maximum atomic E-state index is 11.2. The summed E-state index contributed by atoms with van der Waals surface area (Å²) in [6.07, 6.45) is 4.90. The summed E-state index contributed by atoms with van der Waals surface area (Å²) in [6.45, 7) is 1.62. The van der Waals surface area contributed by atoms with Crippen molar-refractivity contribution in [1.82, 2.24) is 20.4 Å². The second kappa shape index (κ2) is 10.4. The summed E-state index contributed by atoms with van der Waals surface area (Å²) in [4.78, 5) is 4.11. The summed E-state index contributed by atoms with van der Waals surface area (Å²) >= 11 is 0. The molecule has 25 heavy (non-hydrogen) atoms. The molecule has 0 unspecified atom stereocenters. The lowest BCUT2D eigenvalue weighted by molar-refractivity contribution is 0.600. The number of halogens is 1. The van der Waals surface area contributed by atoms with Crippen molar-refractivity contribution < 1.29 is 8.42 Å². The van der Waals surface area contributed by atoms with Gasteiger partial charge in [-0.1, -0.05) is 24.3 Å². The van der Waals surface area contributed by atoms with E-state index >= 15 is 0 Å². The minimum atomic E-state index is -2.99. The van der Waals surface area contributed by atoms with E-state index < -0.39 is 9.84 Å². The Morgan fingerprint density at radius 3 is 2.52 bits per heavy atom. The van der Waals surface area contributed by atoms with Gasteiger partial charge in [0.25, 0.3) is 0 Å². The third-order valence-corrected chi connectivity index (χ3v) is 4.39. The summed E-state index contributed by atoms with van der Waals surface area (Å²) < 4.78 is 24.2. The Hall–Kier alpha value is -1.62. The molecule has 2 rings (SSSR count). The maximum Gasteiger partial charge on any atom is 0.191 e. The maximum absolute atomic E-state index is 11.2. The van der Waals surface area contributed by atoms with Crippen molar-refractivity contribution in [3.63, 3.8) is 0 Å². The van der Waals surface area contributed by atoms with Crippen molar-refractivity contribution >= 4 is 39.8 Å². The van der Waals surface area contributed by atoms with E-state index in [-0.39, 0.29) is 29.7 Å². The Morgan fingerprint density at radius 1 is 1.20 bits per heavy atom. The largest absolute Gasteiger partial charge is 0.355 e. The molecule has 0 radical (unpaired) electrons. The first kappa shape index (κ1) is 21.4. The number of hydrogen-bond acceptors (Lipinski definition) is 4. The van der Waals surface area contributed by atoms with Gasteiger partial charge in [-0.2, -0.15) is 5.10 Å². The quantitative estimate of drug-likeness (QED) is 0.356. The minimum Gasteiger partial charge on any atom is -0.355 e. The topological polar surface area (TPSA) is 88.4 Å². The second-order valence-electron chi connectivity index (χ2n) is 5.45. The summed E-state index contributed by atoms with van der Waals surface area (Å²) in [7, 11) is -1.33. The lowest BCUT2D eigenvalue weighted by atomic mass is 10.1. The molecule has 0 bridgehead atoms. The molecule has 9 heteroatoms. The lowest BCUT2D eigenvalue weighted by Gasteiger charge is -2.14. The Labute approximate surface area is 165 Å². The molecule has 0 amide bonds. The van der Waals surface area contributed by atoms with Crippen LogP contribution in [0.4, 0.5) is 0 Å². The van der Waals surface area contributed by atoms with E-state index in [4.69, 9.17) is 0 Å². The van der Waals surface area contributed by atoms with Crippen molar-refractivity contribution in [1.29, 1.82) is 0 Å². The molecule has 7 nitrogen and oxygen atoms in total. The average molecular weight is 477 g/mol. The van der Waals surface area contributed by atoms with Gasteiger partial charge in [-0.25, -0.2) is 8.42 Å². The first-order valence-electron chi connectivity index (χ1n) is 7.64. The summed E-state index contributed by atoms with van der Waals surface area (Å²) in [5, 5.41) is 10.4. The van der Waals surface area contributed by atoms with Gasteiger partial charge in [0.2, 0.25) is 0 Å². The van der Waals surface area contributed by atoms with E-state index in [0.29, 0.717) is 25.6 Å². The molecule has 1 aromatic carbocycles. The minimum absolute atomic E-state index is 0. The van der Waals surface area contributed by atoms with Gasteiger partial charge in [0.1, 0.15) is 9.84 Å². The van der Waals surface area contributed by atoms with Crippen molar-refractivity contribution in [3.05, 3.63) is 53.9 Å². The van der Waals surface area contributed by atoms with Crippen LogP contribution < -0.4 is 10.6 Å². The number of benzene rings is 1. The van der Waals surface area contributed by atoms with E-state index in [1.165, 1.54) is 11.8 Å². The number of aliphatic imine (C=N–C) groups is 1. The normalized spacial score (nSPS) is 11.7. The lowest BCUT2D eigenvalue weighted by Crippen LogP contribution is -2.39. The average Bonchev–Trinajstić information content (AvgIpc) is 3.04. The Bertz CT molecular complexity index is 776. The molecule has 0 fully saturated rings. The first-order valence-corrected chi connectivity index (χ1v) is 9.70. The molecular formula is C16H24IN5O2S. The third kappa shape index (κ3) is 7.86. The Morgan fingerprint density at radius 2 is 1.92 bits per heavy atom. The molecular weight excluding hydrogens is 453 g/mol. The first-order chi connectivity index (χ1) is 11.5. The Balaban J connectivity index is 0.00000312.